The van der Waals surface area contributed by atoms with Crippen LogP contribution in [0.1, 0.15) is 10.4 Å². The molecular weight excluding hydrogens is 343 g/mol. The molecule has 138 valence electrons. The van der Waals surface area contributed by atoms with Crippen LogP contribution in [0.5, 0.6) is 0 Å². The summed E-state index contributed by atoms with van der Waals surface area (Å²) < 4.78 is 40.7. The van der Waals surface area contributed by atoms with E-state index in [1.54, 1.807) is 12.1 Å². The quantitative estimate of drug-likeness (QED) is 0.781. The lowest BCUT2D eigenvalue weighted by molar-refractivity contribution is 0.0981. The first-order chi connectivity index (χ1) is 12.4. The van der Waals surface area contributed by atoms with Crippen LogP contribution < -0.4 is 9.80 Å². The van der Waals surface area contributed by atoms with E-state index in [0.29, 0.717) is 18.8 Å². The Morgan fingerprint density at radius 1 is 1.00 bits per heavy atom. The molecule has 0 spiro atoms. The molecule has 0 saturated carbocycles. The Morgan fingerprint density at radius 2 is 1.69 bits per heavy atom. The Morgan fingerprint density at radius 3 is 2.38 bits per heavy atom. The molecular formula is C19H20F3N3O. The SMILES string of the molecule is CN(C)CCN1CCN(C(=O)c2ccc(F)c(F)c2F)c2ccccc21. The lowest BCUT2D eigenvalue weighted by Gasteiger charge is -2.38. The highest BCUT2D eigenvalue weighted by Crippen LogP contribution is 2.34. The van der Waals surface area contributed by atoms with Crippen molar-refractivity contribution < 1.29 is 18.0 Å². The summed E-state index contributed by atoms with van der Waals surface area (Å²) in [6, 6.07) is 9.07. The molecule has 0 aliphatic carbocycles. The van der Waals surface area contributed by atoms with Crippen molar-refractivity contribution in [2.75, 3.05) is 50.1 Å². The predicted octanol–water partition coefficient (Wildman–Crippen LogP) is 3.13. The third-order valence-electron chi connectivity index (χ3n) is 4.43. The Labute approximate surface area is 150 Å². The minimum absolute atomic E-state index is 0.335. The van der Waals surface area contributed by atoms with Crippen LogP contribution in [0.25, 0.3) is 0 Å². The van der Waals surface area contributed by atoms with Gasteiger partial charge in [-0.05, 0) is 38.4 Å². The second-order valence-corrected chi connectivity index (χ2v) is 6.46. The van der Waals surface area contributed by atoms with E-state index in [9.17, 15) is 18.0 Å². The number of hydrogen-bond acceptors (Lipinski definition) is 3. The van der Waals surface area contributed by atoms with Gasteiger partial charge in [-0.15, -0.1) is 0 Å². The van der Waals surface area contributed by atoms with Gasteiger partial charge in [0, 0.05) is 26.2 Å². The maximum absolute atomic E-state index is 14.1. The fourth-order valence-corrected chi connectivity index (χ4v) is 3.02. The van der Waals surface area contributed by atoms with Gasteiger partial charge < -0.3 is 14.7 Å². The number of carbonyl (C=O) groups is 1. The van der Waals surface area contributed by atoms with Crippen LogP contribution in [0.2, 0.25) is 0 Å². The third kappa shape index (κ3) is 3.39. The molecule has 0 bridgehead atoms. The number of carbonyl (C=O) groups excluding carboxylic acids is 1. The van der Waals surface area contributed by atoms with E-state index in [1.807, 2.05) is 26.2 Å². The fourth-order valence-electron chi connectivity index (χ4n) is 3.02. The molecule has 0 aromatic heterocycles. The van der Waals surface area contributed by atoms with Crippen LogP contribution >= 0.6 is 0 Å². The number of para-hydroxylation sites is 2. The molecule has 1 amide bonds. The summed E-state index contributed by atoms with van der Waals surface area (Å²) in [4.78, 5) is 18.4. The fraction of sp³-hybridized carbons (Fsp3) is 0.316. The molecule has 7 heteroatoms. The molecule has 2 aromatic carbocycles. The number of anilines is 2. The molecule has 2 aromatic rings. The van der Waals surface area contributed by atoms with Crippen LogP contribution in [0.15, 0.2) is 36.4 Å². The van der Waals surface area contributed by atoms with E-state index < -0.39 is 28.9 Å². The summed E-state index contributed by atoms with van der Waals surface area (Å²) in [6.45, 7) is 2.54. The Hall–Kier alpha value is -2.54. The molecule has 0 atom stereocenters. The molecule has 1 aliphatic rings. The number of benzene rings is 2. The topological polar surface area (TPSA) is 26.8 Å². The van der Waals surface area contributed by atoms with Crippen LogP contribution in [-0.4, -0.2) is 51.1 Å². The summed E-state index contributed by atoms with van der Waals surface area (Å²) in [6.07, 6.45) is 0. The third-order valence-corrected chi connectivity index (χ3v) is 4.43. The van der Waals surface area contributed by atoms with Crippen molar-refractivity contribution >= 4 is 17.3 Å². The van der Waals surface area contributed by atoms with E-state index in [0.717, 1.165) is 30.9 Å². The van der Waals surface area contributed by atoms with E-state index in [-0.39, 0.29) is 0 Å². The number of nitrogens with zero attached hydrogens (tertiary/aromatic N) is 3. The second kappa shape index (κ2) is 7.37. The Bertz CT molecular complexity index is 826. The van der Waals surface area contributed by atoms with Crippen LogP contribution in [-0.2, 0) is 0 Å². The number of amides is 1. The van der Waals surface area contributed by atoms with Gasteiger partial charge in [0.05, 0.1) is 16.9 Å². The second-order valence-electron chi connectivity index (χ2n) is 6.46. The zero-order valence-corrected chi connectivity index (χ0v) is 14.7. The minimum atomic E-state index is -1.63. The zero-order valence-electron chi connectivity index (χ0n) is 14.7. The van der Waals surface area contributed by atoms with Gasteiger partial charge in [0.2, 0.25) is 0 Å². The molecule has 0 saturated heterocycles. The van der Waals surface area contributed by atoms with Crippen molar-refractivity contribution in [3.63, 3.8) is 0 Å². The van der Waals surface area contributed by atoms with Crippen molar-refractivity contribution in [1.82, 2.24) is 4.90 Å². The van der Waals surface area contributed by atoms with Crippen LogP contribution in [0.4, 0.5) is 24.5 Å². The Balaban J connectivity index is 1.93. The van der Waals surface area contributed by atoms with Gasteiger partial charge in [0.1, 0.15) is 0 Å². The van der Waals surface area contributed by atoms with E-state index in [2.05, 4.69) is 9.80 Å². The van der Waals surface area contributed by atoms with Gasteiger partial charge in [-0.2, -0.15) is 0 Å². The lowest BCUT2D eigenvalue weighted by atomic mass is 10.1. The first-order valence-electron chi connectivity index (χ1n) is 8.34. The van der Waals surface area contributed by atoms with Gasteiger partial charge in [-0.1, -0.05) is 12.1 Å². The molecule has 0 radical (unpaired) electrons. The Kier molecular flexibility index (Phi) is 5.18. The molecule has 1 heterocycles. The highest BCUT2D eigenvalue weighted by molar-refractivity contribution is 6.08. The summed E-state index contributed by atoms with van der Waals surface area (Å²) in [5, 5.41) is 0. The van der Waals surface area contributed by atoms with Crippen molar-refractivity contribution in [3.05, 3.63) is 59.4 Å². The molecule has 0 N–H and O–H groups in total. The highest BCUT2D eigenvalue weighted by atomic mass is 19.2. The summed E-state index contributed by atoms with van der Waals surface area (Å²) >= 11 is 0. The molecule has 0 fully saturated rings. The van der Waals surface area contributed by atoms with Crippen LogP contribution in [0, 0.1) is 17.5 Å². The van der Waals surface area contributed by atoms with Gasteiger partial charge in [0.15, 0.2) is 17.5 Å². The van der Waals surface area contributed by atoms with Gasteiger partial charge >= 0.3 is 0 Å². The van der Waals surface area contributed by atoms with Gasteiger partial charge in [0.25, 0.3) is 5.91 Å². The molecule has 3 rings (SSSR count). The molecule has 26 heavy (non-hydrogen) atoms. The largest absolute Gasteiger partial charge is 0.367 e. The van der Waals surface area contributed by atoms with E-state index in [4.69, 9.17) is 0 Å². The number of likely N-dealkylation sites (N-methyl/N-ethyl adjacent to an activating group) is 1. The van der Waals surface area contributed by atoms with Crippen molar-refractivity contribution in [3.8, 4) is 0 Å². The summed E-state index contributed by atoms with van der Waals surface area (Å²) in [7, 11) is 3.97. The normalized spacial score (nSPS) is 13.9. The first-order valence-corrected chi connectivity index (χ1v) is 8.34. The summed E-state index contributed by atoms with van der Waals surface area (Å²) in [5.41, 5.74) is 1.02. The van der Waals surface area contributed by atoms with E-state index in [1.165, 1.54) is 4.90 Å². The number of halogens is 3. The van der Waals surface area contributed by atoms with Crippen molar-refractivity contribution in [2.24, 2.45) is 0 Å². The molecule has 0 unspecified atom stereocenters. The number of hydrogen-bond donors (Lipinski definition) is 0. The minimum Gasteiger partial charge on any atom is -0.367 e. The number of rotatable bonds is 4. The maximum atomic E-state index is 14.1. The average molecular weight is 363 g/mol. The maximum Gasteiger partial charge on any atom is 0.261 e. The number of fused-ring (bicyclic) bond motifs is 1. The smallest absolute Gasteiger partial charge is 0.261 e. The monoisotopic (exact) mass is 363 g/mol. The standard InChI is InChI=1S/C19H20F3N3O/c1-23(2)9-10-24-11-12-25(16-6-4-3-5-15(16)24)19(26)13-7-8-14(20)18(22)17(13)21/h3-8H,9-12H2,1-2H3. The van der Waals surface area contributed by atoms with Gasteiger partial charge in [-0.3, -0.25) is 4.79 Å². The summed E-state index contributed by atoms with van der Waals surface area (Å²) in [5.74, 6) is -5.08. The zero-order chi connectivity index (χ0) is 18.8. The lowest BCUT2D eigenvalue weighted by Crippen LogP contribution is -2.46. The highest BCUT2D eigenvalue weighted by Gasteiger charge is 2.29. The van der Waals surface area contributed by atoms with Crippen LogP contribution in [0.3, 0.4) is 0 Å². The average Bonchev–Trinajstić information content (AvgIpc) is 2.63. The molecule has 4 nitrogen and oxygen atoms in total. The van der Waals surface area contributed by atoms with Crippen molar-refractivity contribution in [2.45, 2.75) is 0 Å². The molecule has 1 aliphatic heterocycles. The predicted molar refractivity (Wildman–Crippen MR) is 95.2 cm³/mol. The van der Waals surface area contributed by atoms with Crippen molar-refractivity contribution in [1.29, 1.82) is 0 Å². The van der Waals surface area contributed by atoms with Gasteiger partial charge in [-0.25, -0.2) is 13.2 Å². The first kappa shape index (κ1) is 18.3. The van der Waals surface area contributed by atoms with E-state index >= 15 is 0 Å².